The number of benzene rings is 1. The Hall–Kier alpha value is -2.21. The van der Waals surface area contributed by atoms with E-state index in [0.29, 0.717) is 13.1 Å². The maximum absolute atomic E-state index is 5.55. The lowest BCUT2D eigenvalue weighted by atomic mass is 10.2. The van der Waals surface area contributed by atoms with Crippen LogP contribution in [0.25, 0.3) is 22.6 Å². The van der Waals surface area contributed by atoms with Crippen molar-refractivity contribution >= 4 is 11.0 Å². The fraction of sp³-hybridized carbons (Fsp3) is 0.400. The Labute approximate surface area is 123 Å². The second-order valence-corrected chi connectivity index (χ2v) is 5.23. The average molecular weight is 284 g/mol. The summed E-state index contributed by atoms with van der Waals surface area (Å²) in [4.78, 5) is 4.75. The number of aryl methyl sites for hydroxylation is 2. The molecule has 3 aromatic rings. The Morgan fingerprint density at radius 1 is 1.24 bits per heavy atom. The molecule has 2 heterocycles. The van der Waals surface area contributed by atoms with Crippen LogP contribution in [0.1, 0.15) is 18.9 Å². The van der Waals surface area contributed by atoms with E-state index in [4.69, 9.17) is 10.7 Å². The first-order valence-corrected chi connectivity index (χ1v) is 7.30. The Bertz CT molecular complexity index is 755. The van der Waals surface area contributed by atoms with Gasteiger partial charge >= 0.3 is 0 Å². The van der Waals surface area contributed by atoms with Crippen LogP contribution in [0.5, 0.6) is 0 Å². The molecule has 6 heteroatoms. The largest absolute Gasteiger partial charge is 0.329 e. The van der Waals surface area contributed by atoms with Crippen LogP contribution in [-0.2, 0) is 13.1 Å². The van der Waals surface area contributed by atoms with Gasteiger partial charge < -0.3 is 10.3 Å². The molecular formula is C15H20N6. The van der Waals surface area contributed by atoms with Crippen LogP contribution in [0.15, 0.2) is 24.4 Å². The van der Waals surface area contributed by atoms with Gasteiger partial charge in [-0.25, -0.2) is 4.98 Å². The van der Waals surface area contributed by atoms with Crippen LogP contribution < -0.4 is 5.73 Å². The standard InChI is InChI=1S/C15H20N6/c1-3-7-21-14-5-4-11(2)9-12(14)17-15(21)13-10-20(8-6-16)19-18-13/h4-5,9-10H,3,6-8,16H2,1-2H3. The zero-order chi connectivity index (χ0) is 14.8. The predicted octanol–water partition coefficient (Wildman–Crippen LogP) is 1.97. The summed E-state index contributed by atoms with van der Waals surface area (Å²) in [6, 6.07) is 6.35. The Kier molecular flexibility index (Phi) is 3.70. The van der Waals surface area contributed by atoms with Crippen LogP contribution in [-0.4, -0.2) is 31.1 Å². The van der Waals surface area contributed by atoms with Crippen molar-refractivity contribution in [3.8, 4) is 11.5 Å². The van der Waals surface area contributed by atoms with E-state index in [1.807, 2.05) is 6.20 Å². The third-order valence-corrected chi connectivity index (χ3v) is 3.48. The summed E-state index contributed by atoms with van der Waals surface area (Å²) < 4.78 is 3.97. The molecule has 3 rings (SSSR count). The van der Waals surface area contributed by atoms with Gasteiger partial charge in [0, 0.05) is 13.1 Å². The van der Waals surface area contributed by atoms with E-state index in [-0.39, 0.29) is 0 Å². The van der Waals surface area contributed by atoms with Crippen molar-refractivity contribution in [2.75, 3.05) is 6.54 Å². The monoisotopic (exact) mass is 284 g/mol. The molecule has 0 atom stereocenters. The molecular weight excluding hydrogens is 264 g/mol. The zero-order valence-corrected chi connectivity index (χ0v) is 12.5. The predicted molar refractivity (Wildman–Crippen MR) is 82.8 cm³/mol. The van der Waals surface area contributed by atoms with Gasteiger partial charge in [-0.15, -0.1) is 5.10 Å². The lowest BCUT2D eigenvalue weighted by Gasteiger charge is -2.05. The summed E-state index contributed by atoms with van der Waals surface area (Å²) in [7, 11) is 0. The minimum atomic E-state index is 0.549. The molecule has 0 aliphatic heterocycles. The van der Waals surface area contributed by atoms with Gasteiger partial charge in [0.25, 0.3) is 0 Å². The van der Waals surface area contributed by atoms with Crippen molar-refractivity contribution in [3.63, 3.8) is 0 Å². The van der Waals surface area contributed by atoms with Crippen LogP contribution in [0.2, 0.25) is 0 Å². The minimum absolute atomic E-state index is 0.549. The summed E-state index contributed by atoms with van der Waals surface area (Å²) in [6.45, 7) is 6.37. The van der Waals surface area contributed by atoms with Crippen LogP contribution in [0, 0.1) is 6.92 Å². The Morgan fingerprint density at radius 3 is 2.86 bits per heavy atom. The van der Waals surface area contributed by atoms with Crippen molar-refractivity contribution < 1.29 is 0 Å². The van der Waals surface area contributed by atoms with Gasteiger partial charge in [0.15, 0.2) is 5.82 Å². The second kappa shape index (κ2) is 5.65. The number of hydrogen-bond donors (Lipinski definition) is 1. The fourth-order valence-electron chi connectivity index (χ4n) is 2.53. The summed E-state index contributed by atoms with van der Waals surface area (Å²) in [5.74, 6) is 0.876. The number of nitrogens with zero attached hydrogens (tertiary/aromatic N) is 5. The van der Waals surface area contributed by atoms with E-state index >= 15 is 0 Å². The van der Waals surface area contributed by atoms with E-state index in [2.05, 4.69) is 46.9 Å². The topological polar surface area (TPSA) is 74.5 Å². The highest BCUT2D eigenvalue weighted by Crippen LogP contribution is 2.24. The third-order valence-electron chi connectivity index (χ3n) is 3.48. The molecule has 0 aliphatic rings. The van der Waals surface area contributed by atoms with Gasteiger partial charge in [-0.05, 0) is 31.0 Å². The number of hydrogen-bond acceptors (Lipinski definition) is 4. The SMILES string of the molecule is CCCn1c(-c2cn(CCN)nn2)nc2cc(C)ccc21. The molecule has 6 nitrogen and oxygen atoms in total. The average Bonchev–Trinajstić information content (AvgIpc) is 3.04. The lowest BCUT2D eigenvalue weighted by Crippen LogP contribution is -2.10. The minimum Gasteiger partial charge on any atom is -0.329 e. The van der Waals surface area contributed by atoms with Crippen LogP contribution in [0.3, 0.4) is 0 Å². The van der Waals surface area contributed by atoms with Crippen LogP contribution >= 0.6 is 0 Å². The molecule has 1 aromatic carbocycles. The van der Waals surface area contributed by atoms with E-state index < -0.39 is 0 Å². The number of fused-ring (bicyclic) bond motifs is 1. The quantitative estimate of drug-likeness (QED) is 0.777. The highest BCUT2D eigenvalue weighted by atomic mass is 15.4. The van der Waals surface area contributed by atoms with E-state index in [9.17, 15) is 0 Å². The molecule has 0 spiro atoms. The summed E-state index contributed by atoms with van der Waals surface area (Å²) in [5.41, 5.74) is 9.71. The van der Waals surface area contributed by atoms with Gasteiger partial charge in [0.1, 0.15) is 5.69 Å². The molecule has 0 saturated heterocycles. The maximum Gasteiger partial charge on any atom is 0.163 e. The number of nitrogens with two attached hydrogens (primary N) is 1. The molecule has 0 radical (unpaired) electrons. The van der Waals surface area contributed by atoms with Gasteiger partial charge in [0.05, 0.1) is 23.8 Å². The van der Waals surface area contributed by atoms with Crippen molar-refractivity contribution in [1.29, 1.82) is 0 Å². The van der Waals surface area contributed by atoms with E-state index in [0.717, 1.165) is 35.5 Å². The summed E-state index contributed by atoms with van der Waals surface area (Å²) >= 11 is 0. The normalized spacial score (nSPS) is 11.4. The first-order chi connectivity index (χ1) is 10.2. The Balaban J connectivity index is 2.12. The maximum atomic E-state index is 5.55. The van der Waals surface area contributed by atoms with Gasteiger partial charge in [-0.3, -0.25) is 4.68 Å². The van der Waals surface area contributed by atoms with E-state index in [1.165, 1.54) is 5.56 Å². The summed E-state index contributed by atoms with van der Waals surface area (Å²) in [5, 5.41) is 8.34. The molecule has 0 aliphatic carbocycles. The lowest BCUT2D eigenvalue weighted by molar-refractivity contribution is 0.598. The second-order valence-electron chi connectivity index (χ2n) is 5.23. The number of rotatable bonds is 5. The summed E-state index contributed by atoms with van der Waals surface area (Å²) in [6.07, 6.45) is 2.95. The van der Waals surface area contributed by atoms with Crippen molar-refractivity contribution in [1.82, 2.24) is 24.5 Å². The smallest absolute Gasteiger partial charge is 0.163 e. The molecule has 0 saturated carbocycles. The molecule has 0 bridgehead atoms. The van der Waals surface area contributed by atoms with Gasteiger partial charge in [-0.1, -0.05) is 18.2 Å². The molecule has 2 aromatic heterocycles. The molecule has 21 heavy (non-hydrogen) atoms. The number of imidazole rings is 1. The van der Waals surface area contributed by atoms with Crippen LogP contribution in [0.4, 0.5) is 0 Å². The van der Waals surface area contributed by atoms with Crippen molar-refractivity contribution in [3.05, 3.63) is 30.0 Å². The molecule has 0 unspecified atom stereocenters. The third kappa shape index (κ3) is 2.54. The zero-order valence-electron chi connectivity index (χ0n) is 12.5. The Morgan fingerprint density at radius 2 is 2.10 bits per heavy atom. The molecule has 2 N–H and O–H groups in total. The van der Waals surface area contributed by atoms with E-state index in [1.54, 1.807) is 4.68 Å². The van der Waals surface area contributed by atoms with Crippen molar-refractivity contribution in [2.24, 2.45) is 5.73 Å². The van der Waals surface area contributed by atoms with Gasteiger partial charge in [-0.2, -0.15) is 0 Å². The first kappa shape index (κ1) is 13.8. The molecule has 0 amide bonds. The fourth-order valence-corrected chi connectivity index (χ4v) is 2.53. The number of aromatic nitrogens is 5. The molecule has 110 valence electrons. The highest BCUT2D eigenvalue weighted by molar-refractivity contribution is 5.80. The highest BCUT2D eigenvalue weighted by Gasteiger charge is 2.15. The molecule has 0 fully saturated rings. The first-order valence-electron chi connectivity index (χ1n) is 7.30. The van der Waals surface area contributed by atoms with Crippen molar-refractivity contribution in [2.45, 2.75) is 33.4 Å². The van der Waals surface area contributed by atoms with Gasteiger partial charge in [0.2, 0.25) is 0 Å².